The van der Waals surface area contributed by atoms with Crippen molar-refractivity contribution in [3.8, 4) is 23.3 Å². The molecule has 2 aromatic carbocycles. The number of esters is 1. The van der Waals surface area contributed by atoms with Crippen molar-refractivity contribution in [2.45, 2.75) is 40.3 Å². The number of rotatable bonds is 10. The highest BCUT2D eigenvalue weighted by molar-refractivity contribution is 6.32. The zero-order chi connectivity index (χ0) is 26.9. The van der Waals surface area contributed by atoms with Crippen molar-refractivity contribution in [1.82, 2.24) is 5.32 Å². The number of furan rings is 1. The summed E-state index contributed by atoms with van der Waals surface area (Å²) in [5.74, 6) is 0.362. The number of benzene rings is 2. The highest BCUT2D eigenvalue weighted by atomic mass is 35.5. The molecule has 0 fully saturated rings. The Balaban J connectivity index is 1.72. The van der Waals surface area contributed by atoms with Crippen LogP contribution in [-0.2, 0) is 16.1 Å². The normalized spacial score (nSPS) is 11.8. The van der Waals surface area contributed by atoms with Gasteiger partial charge in [-0.1, -0.05) is 17.7 Å². The Hall–Kier alpha value is -4.22. The van der Waals surface area contributed by atoms with E-state index in [1.54, 1.807) is 50.2 Å². The lowest BCUT2D eigenvalue weighted by Crippen LogP contribution is -2.28. The lowest BCUT2D eigenvalue weighted by atomic mass is 10.1. The molecular weight excluding hydrogens is 496 g/mol. The molecule has 1 N–H and O–H groups in total. The summed E-state index contributed by atoms with van der Waals surface area (Å²) in [4.78, 5) is 25.2. The number of nitrogens with one attached hydrogen (secondary N) is 1. The highest BCUT2D eigenvalue weighted by Crippen LogP contribution is 2.31. The van der Waals surface area contributed by atoms with Crippen LogP contribution in [0.5, 0.6) is 17.2 Å². The first kappa shape index (κ1) is 27.4. The smallest absolute Gasteiger partial charge is 0.352 e. The molecule has 1 heterocycles. The van der Waals surface area contributed by atoms with E-state index < -0.39 is 18.0 Å². The van der Waals surface area contributed by atoms with Crippen molar-refractivity contribution in [1.29, 1.82) is 5.26 Å². The van der Waals surface area contributed by atoms with Gasteiger partial charge >= 0.3 is 5.97 Å². The molecule has 37 heavy (non-hydrogen) atoms. The number of nitrogens with zero attached hydrogens (tertiary/aromatic N) is 1. The Morgan fingerprint density at radius 2 is 1.89 bits per heavy atom. The Labute approximate surface area is 220 Å². The van der Waals surface area contributed by atoms with Crippen LogP contribution in [0.4, 0.5) is 0 Å². The minimum Gasteiger partial charge on any atom is -0.490 e. The van der Waals surface area contributed by atoms with Crippen LogP contribution in [0.15, 0.2) is 58.7 Å². The summed E-state index contributed by atoms with van der Waals surface area (Å²) in [6.45, 7) is 7.54. The number of amides is 1. The second kappa shape index (κ2) is 12.7. The number of ether oxygens (including phenoxy) is 3. The first-order chi connectivity index (χ1) is 17.7. The van der Waals surface area contributed by atoms with E-state index in [0.29, 0.717) is 28.7 Å². The van der Waals surface area contributed by atoms with Crippen molar-refractivity contribution in [2.24, 2.45) is 0 Å². The summed E-state index contributed by atoms with van der Waals surface area (Å²) in [6.07, 6.45) is 2.01. The van der Waals surface area contributed by atoms with E-state index in [-0.39, 0.29) is 23.6 Å². The van der Waals surface area contributed by atoms with Crippen molar-refractivity contribution >= 4 is 29.6 Å². The van der Waals surface area contributed by atoms with E-state index in [4.69, 9.17) is 30.2 Å². The lowest BCUT2D eigenvalue weighted by Gasteiger charge is -2.17. The maximum atomic E-state index is 12.7. The molecule has 1 unspecified atom stereocenters. The summed E-state index contributed by atoms with van der Waals surface area (Å²) in [5, 5.41) is 12.7. The average Bonchev–Trinajstić information content (AvgIpc) is 3.39. The van der Waals surface area contributed by atoms with E-state index >= 15 is 0 Å². The molecule has 3 rings (SSSR count). The van der Waals surface area contributed by atoms with Crippen LogP contribution in [0.3, 0.4) is 0 Å². The third kappa shape index (κ3) is 7.38. The van der Waals surface area contributed by atoms with Crippen LogP contribution < -0.4 is 19.5 Å². The SMILES string of the molecule is CCOc1cc(/C=C(\C#N)C(=O)NCc2ccco2)ccc1OC(=O)C(C)Oc1cc(C)c(Cl)c(C)c1. The third-order valence-corrected chi connectivity index (χ3v) is 5.81. The molecule has 1 atom stereocenters. The molecule has 0 saturated heterocycles. The molecule has 0 spiro atoms. The maximum Gasteiger partial charge on any atom is 0.352 e. The molecule has 1 amide bonds. The lowest BCUT2D eigenvalue weighted by molar-refractivity contribution is -0.141. The Morgan fingerprint density at radius 3 is 2.51 bits per heavy atom. The molecule has 0 bridgehead atoms. The van der Waals surface area contributed by atoms with E-state index in [1.165, 1.54) is 18.4 Å². The van der Waals surface area contributed by atoms with Gasteiger partial charge in [-0.3, -0.25) is 4.79 Å². The van der Waals surface area contributed by atoms with Crippen LogP contribution in [0.25, 0.3) is 6.08 Å². The van der Waals surface area contributed by atoms with Gasteiger partial charge in [-0.25, -0.2) is 4.79 Å². The van der Waals surface area contributed by atoms with Gasteiger partial charge in [0.1, 0.15) is 23.2 Å². The van der Waals surface area contributed by atoms with Crippen LogP contribution in [0.1, 0.15) is 36.3 Å². The summed E-state index contributed by atoms with van der Waals surface area (Å²) >= 11 is 6.20. The van der Waals surface area contributed by atoms with Crippen molar-refractivity contribution < 1.29 is 28.2 Å². The number of halogens is 1. The van der Waals surface area contributed by atoms with E-state index in [1.807, 2.05) is 19.9 Å². The summed E-state index contributed by atoms with van der Waals surface area (Å²) < 4.78 is 22.1. The molecule has 0 saturated carbocycles. The van der Waals surface area contributed by atoms with Gasteiger partial charge < -0.3 is 23.9 Å². The summed E-state index contributed by atoms with van der Waals surface area (Å²) in [7, 11) is 0. The molecule has 0 aliphatic heterocycles. The summed E-state index contributed by atoms with van der Waals surface area (Å²) in [6, 6.07) is 13.6. The molecule has 192 valence electrons. The molecule has 0 aliphatic carbocycles. The number of nitriles is 1. The molecule has 0 radical (unpaired) electrons. The fraction of sp³-hybridized carbons (Fsp3) is 0.250. The predicted molar refractivity (Wildman–Crippen MR) is 138 cm³/mol. The molecule has 1 aromatic heterocycles. The van der Waals surface area contributed by atoms with E-state index in [2.05, 4.69) is 5.32 Å². The van der Waals surface area contributed by atoms with E-state index in [0.717, 1.165) is 11.1 Å². The molecule has 0 aliphatic rings. The second-order valence-corrected chi connectivity index (χ2v) is 8.50. The predicted octanol–water partition coefficient (Wildman–Crippen LogP) is 5.54. The number of hydrogen-bond acceptors (Lipinski definition) is 7. The largest absolute Gasteiger partial charge is 0.490 e. The molecular formula is C28H27ClN2O6. The highest BCUT2D eigenvalue weighted by Gasteiger charge is 2.20. The van der Waals surface area contributed by atoms with Crippen LogP contribution in [0, 0.1) is 25.2 Å². The quantitative estimate of drug-likeness (QED) is 0.161. The standard InChI is InChI=1S/C28H27ClN2O6/c1-5-34-25-14-20(13-21(15-30)27(32)31-16-22-7-6-10-35-22)8-9-24(25)37-28(33)19(4)36-23-11-17(2)26(29)18(3)12-23/h6-14,19H,5,16H2,1-4H3,(H,31,32)/b21-13+. The first-order valence-corrected chi connectivity index (χ1v) is 11.9. The maximum absolute atomic E-state index is 12.7. The fourth-order valence-corrected chi connectivity index (χ4v) is 3.49. The zero-order valence-corrected chi connectivity index (χ0v) is 21.7. The van der Waals surface area contributed by atoms with Gasteiger partial charge in [0, 0.05) is 5.02 Å². The van der Waals surface area contributed by atoms with Crippen molar-refractivity contribution in [3.05, 3.63) is 81.8 Å². The molecule has 8 nitrogen and oxygen atoms in total. The minimum absolute atomic E-state index is 0.102. The fourth-order valence-electron chi connectivity index (χ4n) is 3.38. The molecule has 3 aromatic rings. The Morgan fingerprint density at radius 1 is 1.16 bits per heavy atom. The average molecular weight is 523 g/mol. The zero-order valence-electron chi connectivity index (χ0n) is 21.0. The molecule has 9 heteroatoms. The minimum atomic E-state index is -0.905. The van der Waals surface area contributed by atoms with Gasteiger partial charge in [0.05, 0.1) is 19.4 Å². The number of aryl methyl sites for hydroxylation is 2. The second-order valence-electron chi connectivity index (χ2n) is 8.12. The van der Waals surface area contributed by atoms with Crippen LogP contribution in [-0.4, -0.2) is 24.6 Å². The Bertz CT molecular complexity index is 1320. The van der Waals surface area contributed by atoms with Gasteiger partial charge in [0.25, 0.3) is 5.91 Å². The summed E-state index contributed by atoms with van der Waals surface area (Å²) in [5.41, 5.74) is 2.09. The van der Waals surface area contributed by atoms with Crippen LogP contribution in [0.2, 0.25) is 5.02 Å². The third-order valence-electron chi connectivity index (χ3n) is 5.21. The van der Waals surface area contributed by atoms with Gasteiger partial charge in [0.2, 0.25) is 0 Å². The first-order valence-electron chi connectivity index (χ1n) is 11.6. The van der Waals surface area contributed by atoms with Crippen molar-refractivity contribution in [3.63, 3.8) is 0 Å². The van der Waals surface area contributed by atoms with Gasteiger partial charge in [0.15, 0.2) is 17.6 Å². The Kier molecular flexibility index (Phi) is 9.36. The van der Waals surface area contributed by atoms with Crippen LogP contribution >= 0.6 is 11.6 Å². The van der Waals surface area contributed by atoms with Crippen molar-refractivity contribution in [2.75, 3.05) is 6.61 Å². The number of carbonyl (C=O) groups excluding carboxylic acids is 2. The monoisotopic (exact) mass is 522 g/mol. The van der Waals surface area contributed by atoms with Gasteiger partial charge in [-0.2, -0.15) is 5.26 Å². The van der Waals surface area contributed by atoms with Gasteiger partial charge in [-0.15, -0.1) is 0 Å². The van der Waals surface area contributed by atoms with E-state index in [9.17, 15) is 14.9 Å². The number of carbonyl (C=O) groups is 2. The van der Waals surface area contributed by atoms with Gasteiger partial charge in [-0.05, 0) is 86.9 Å². The number of hydrogen-bond donors (Lipinski definition) is 1. The topological polar surface area (TPSA) is 111 Å².